The molecule has 2 aromatic carbocycles. The number of nitrogens with one attached hydrogen (secondary N) is 1. The Morgan fingerprint density at radius 2 is 1.97 bits per heavy atom. The number of hydrogen-bond acceptors (Lipinski definition) is 3. The first-order valence-electron chi connectivity index (χ1n) is 9.10. The van der Waals surface area contributed by atoms with Crippen LogP contribution >= 0.6 is 12.2 Å². The lowest BCUT2D eigenvalue weighted by molar-refractivity contribution is -0.138. The predicted molar refractivity (Wildman–Crippen MR) is 105 cm³/mol. The van der Waals surface area contributed by atoms with Gasteiger partial charge in [-0.05, 0) is 60.1 Å². The van der Waals surface area contributed by atoms with E-state index < -0.39 is 6.61 Å². The first-order valence-corrected chi connectivity index (χ1v) is 9.51. The Bertz CT molecular complexity index is 939. The molecule has 2 heterocycles. The number of fused-ring (bicyclic) bond motifs is 3. The van der Waals surface area contributed by atoms with Gasteiger partial charge >= 0.3 is 6.61 Å². The summed E-state index contributed by atoms with van der Waals surface area (Å²) in [6, 6.07) is 10.6. The van der Waals surface area contributed by atoms with E-state index in [1.807, 2.05) is 6.07 Å². The average Bonchev–Trinajstić information content (AvgIpc) is 2.69. The summed E-state index contributed by atoms with van der Waals surface area (Å²) in [5, 5.41) is 3.35. The van der Waals surface area contributed by atoms with Crippen LogP contribution in [0.2, 0.25) is 0 Å². The molecule has 2 aliphatic rings. The van der Waals surface area contributed by atoms with Gasteiger partial charge in [-0.1, -0.05) is 12.1 Å². The van der Waals surface area contributed by atoms with Crippen molar-refractivity contribution in [2.24, 2.45) is 0 Å². The van der Waals surface area contributed by atoms with Crippen molar-refractivity contribution in [3.8, 4) is 5.75 Å². The number of benzene rings is 2. The fourth-order valence-electron chi connectivity index (χ4n) is 3.81. The summed E-state index contributed by atoms with van der Waals surface area (Å²) in [6.07, 6.45) is 0.500. The molecule has 0 aliphatic carbocycles. The van der Waals surface area contributed by atoms with Crippen LogP contribution in [0.5, 0.6) is 5.75 Å². The summed E-state index contributed by atoms with van der Waals surface area (Å²) < 4.78 is 43.0. The number of rotatable bonds is 3. The molecule has 9 heteroatoms. The van der Waals surface area contributed by atoms with Gasteiger partial charge in [-0.15, -0.1) is 0 Å². The zero-order chi connectivity index (χ0) is 20.5. The standard InChI is InChI=1S/C20H18F3N3O2S/c21-16-3-1-2-15-14(16)8-9-26-17(15)10-25(11-18(26)27)20(29)24-12-4-6-13(7-5-12)28-19(22)23/h1-7,17,19H,8-11H2,(H,24,29). The van der Waals surface area contributed by atoms with E-state index in [2.05, 4.69) is 10.1 Å². The molecule has 152 valence electrons. The Morgan fingerprint density at radius 3 is 2.69 bits per heavy atom. The fraction of sp³-hybridized carbons (Fsp3) is 0.300. The molecule has 0 saturated carbocycles. The Morgan fingerprint density at radius 1 is 1.21 bits per heavy atom. The zero-order valence-electron chi connectivity index (χ0n) is 15.3. The highest BCUT2D eigenvalue weighted by atomic mass is 32.1. The molecule has 1 atom stereocenters. The number of thiocarbonyl (C=S) groups is 1. The highest BCUT2D eigenvalue weighted by molar-refractivity contribution is 7.80. The maximum Gasteiger partial charge on any atom is 0.387 e. The van der Waals surface area contributed by atoms with Gasteiger partial charge in [0, 0.05) is 18.8 Å². The highest BCUT2D eigenvalue weighted by Crippen LogP contribution is 2.34. The minimum atomic E-state index is -2.89. The molecule has 1 saturated heterocycles. The SMILES string of the molecule is O=C1CN(C(=S)Nc2ccc(OC(F)F)cc2)CC2c3cccc(F)c3CCN12. The Kier molecular flexibility index (Phi) is 5.31. The van der Waals surface area contributed by atoms with E-state index >= 15 is 0 Å². The molecule has 0 radical (unpaired) electrons. The summed E-state index contributed by atoms with van der Waals surface area (Å²) in [6.45, 7) is -1.84. The minimum absolute atomic E-state index is 0.0427. The topological polar surface area (TPSA) is 44.8 Å². The van der Waals surface area contributed by atoms with Gasteiger partial charge in [0.1, 0.15) is 11.6 Å². The van der Waals surface area contributed by atoms with Crippen molar-refractivity contribution in [3.05, 3.63) is 59.4 Å². The monoisotopic (exact) mass is 421 g/mol. The highest BCUT2D eigenvalue weighted by Gasteiger charge is 2.38. The van der Waals surface area contributed by atoms with Crippen molar-refractivity contribution < 1.29 is 22.7 Å². The third kappa shape index (κ3) is 4.00. The van der Waals surface area contributed by atoms with E-state index in [4.69, 9.17) is 12.2 Å². The first kappa shape index (κ1) is 19.5. The van der Waals surface area contributed by atoms with Crippen LogP contribution in [0.25, 0.3) is 0 Å². The van der Waals surface area contributed by atoms with Crippen LogP contribution in [-0.4, -0.2) is 47.1 Å². The summed E-state index contributed by atoms with van der Waals surface area (Å²) in [5.74, 6) is -0.277. The molecule has 2 aliphatic heterocycles. The van der Waals surface area contributed by atoms with Crippen LogP contribution in [0.15, 0.2) is 42.5 Å². The Labute approximate surface area is 171 Å². The number of ether oxygens (including phenoxy) is 1. The maximum absolute atomic E-state index is 14.2. The number of carbonyl (C=O) groups is 1. The van der Waals surface area contributed by atoms with Crippen molar-refractivity contribution in [2.45, 2.75) is 19.1 Å². The summed E-state index contributed by atoms with van der Waals surface area (Å²) in [7, 11) is 0. The van der Waals surface area contributed by atoms with Crippen LogP contribution in [0.1, 0.15) is 17.2 Å². The molecule has 1 amide bonds. The summed E-state index contributed by atoms with van der Waals surface area (Å²) in [5.41, 5.74) is 2.05. The molecule has 29 heavy (non-hydrogen) atoms. The van der Waals surface area contributed by atoms with Gasteiger partial charge in [0.15, 0.2) is 5.11 Å². The molecular formula is C20H18F3N3O2S. The second-order valence-corrected chi connectivity index (χ2v) is 7.26. The number of halogens is 3. The van der Waals surface area contributed by atoms with Crippen LogP contribution in [-0.2, 0) is 11.2 Å². The van der Waals surface area contributed by atoms with Crippen LogP contribution in [0.3, 0.4) is 0 Å². The maximum atomic E-state index is 14.2. The number of hydrogen-bond donors (Lipinski definition) is 1. The predicted octanol–water partition coefficient (Wildman–Crippen LogP) is 3.57. The molecule has 0 aromatic heterocycles. The van der Waals surface area contributed by atoms with Crippen molar-refractivity contribution >= 4 is 28.9 Å². The number of amides is 1. The smallest absolute Gasteiger partial charge is 0.387 e. The molecular weight excluding hydrogens is 403 g/mol. The third-order valence-electron chi connectivity index (χ3n) is 5.15. The number of alkyl halides is 2. The molecule has 1 fully saturated rings. The second kappa shape index (κ2) is 7.90. The zero-order valence-corrected chi connectivity index (χ0v) is 16.1. The molecule has 0 bridgehead atoms. The van der Waals surface area contributed by atoms with Crippen molar-refractivity contribution in [1.82, 2.24) is 9.80 Å². The van der Waals surface area contributed by atoms with E-state index in [0.717, 1.165) is 5.56 Å². The number of carbonyl (C=O) groups excluding carboxylic acids is 1. The lowest BCUT2D eigenvalue weighted by Gasteiger charge is -2.45. The first-order chi connectivity index (χ1) is 13.9. The summed E-state index contributed by atoms with van der Waals surface area (Å²) in [4.78, 5) is 16.2. The Balaban J connectivity index is 1.48. The number of piperazine rings is 1. The molecule has 5 nitrogen and oxygen atoms in total. The van der Waals surface area contributed by atoms with Gasteiger partial charge in [-0.3, -0.25) is 4.79 Å². The molecule has 4 rings (SSSR count). The van der Waals surface area contributed by atoms with Gasteiger partial charge in [0.2, 0.25) is 5.91 Å². The van der Waals surface area contributed by atoms with Gasteiger partial charge in [-0.2, -0.15) is 8.78 Å². The normalized spacial score (nSPS) is 18.3. The lowest BCUT2D eigenvalue weighted by Crippen LogP contribution is -2.56. The van der Waals surface area contributed by atoms with Crippen LogP contribution in [0.4, 0.5) is 18.9 Å². The summed E-state index contributed by atoms with van der Waals surface area (Å²) >= 11 is 5.45. The second-order valence-electron chi connectivity index (χ2n) is 6.87. The van der Waals surface area contributed by atoms with E-state index in [0.29, 0.717) is 35.9 Å². The van der Waals surface area contributed by atoms with Crippen LogP contribution in [0, 0.1) is 5.82 Å². The number of nitrogens with zero attached hydrogens (tertiary/aromatic N) is 2. The van der Waals surface area contributed by atoms with Crippen molar-refractivity contribution in [2.75, 3.05) is 25.0 Å². The average molecular weight is 421 g/mol. The van der Waals surface area contributed by atoms with E-state index in [-0.39, 0.29) is 30.1 Å². The quantitative estimate of drug-likeness (QED) is 0.768. The fourth-order valence-corrected chi connectivity index (χ4v) is 4.06. The molecule has 2 aromatic rings. The molecule has 1 N–H and O–H groups in total. The van der Waals surface area contributed by atoms with Gasteiger partial charge < -0.3 is 19.9 Å². The Hall–Kier alpha value is -2.81. The van der Waals surface area contributed by atoms with Crippen molar-refractivity contribution in [3.63, 3.8) is 0 Å². The minimum Gasteiger partial charge on any atom is -0.435 e. The largest absolute Gasteiger partial charge is 0.435 e. The lowest BCUT2D eigenvalue weighted by atomic mass is 9.90. The molecule has 1 unspecified atom stereocenters. The van der Waals surface area contributed by atoms with E-state index in [1.54, 1.807) is 28.0 Å². The van der Waals surface area contributed by atoms with Crippen LogP contribution < -0.4 is 10.1 Å². The van der Waals surface area contributed by atoms with Gasteiger partial charge in [-0.25, -0.2) is 4.39 Å². The van der Waals surface area contributed by atoms with E-state index in [1.165, 1.54) is 18.2 Å². The van der Waals surface area contributed by atoms with Gasteiger partial charge in [0.05, 0.1) is 12.6 Å². The van der Waals surface area contributed by atoms with Crippen molar-refractivity contribution in [1.29, 1.82) is 0 Å². The molecule has 0 spiro atoms. The third-order valence-corrected chi connectivity index (χ3v) is 5.51. The number of anilines is 1. The van der Waals surface area contributed by atoms with Gasteiger partial charge in [0.25, 0.3) is 0 Å². The van der Waals surface area contributed by atoms with E-state index in [9.17, 15) is 18.0 Å².